The van der Waals surface area contributed by atoms with Crippen LogP contribution in [0.4, 0.5) is 4.39 Å². The van der Waals surface area contributed by atoms with Crippen molar-refractivity contribution in [1.29, 1.82) is 5.26 Å². The van der Waals surface area contributed by atoms with Gasteiger partial charge in [0.1, 0.15) is 24.2 Å². The van der Waals surface area contributed by atoms with Crippen LogP contribution in [0, 0.1) is 24.1 Å². The van der Waals surface area contributed by atoms with Gasteiger partial charge in [-0.3, -0.25) is 4.98 Å². The maximum atomic E-state index is 13.7. The molecular weight excluding hydrogens is 549 g/mol. The molecule has 0 unspecified atom stereocenters. The van der Waals surface area contributed by atoms with Gasteiger partial charge in [-0.25, -0.2) is 9.37 Å². The first-order valence-electron chi connectivity index (χ1n) is 13.8. The summed E-state index contributed by atoms with van der Waals surface area (Å²) in [5.74, 6) is 0.633. The Hall–Kier alpha value is -4.51. The lowest BCUT2D eigenvalue weighted by atomic mass is 9.97. The molecule has 5 aromatic rings. The van der Waals surface area contributed by atoms with Gasteiger partial charge in [-0.15, -0.1) is 0 Å². The number of fused-ring (bicyclic) bond motifs is 1. The molecule has 0 amide bonds. The number of benzene rings is 3. The molecule has 3 aromatic carbocycles. The number of ether oxygens (including phenoxy) is 1. The second-order valence-electron chi connectivity index (χ2n) is 10.1. The molecule has 6 rings (SSSR count). The van der Waals surface area contributed by atoms with Gasteiger partial charge >= 0.3 is 0 Å². The number of pyridine rings is 1. The van der Waals surface area contributed by atoms with Gasteiger partial charge in [-0.1, -0.05) is 48.0 Å². The SMILES string of the molecule is Cc1cc(OCc2cncc(C#N)c2)c(CNCc2cnc[nH]2)cc1Cl.Fc1ccccc1-c1cccc2c1CCC2. The standard InChI is InChI=1S/C19H18ClN5O.C15H13F/c1-13-2-19(26-11-15-3-14(5-21)6-22-7-15)16(4-18(13)20)8-23-9-17-10-24-12-25-17;16-15-10-2-1-7-14(15)13-9-4-6-11-5-3-8-12(11)13/h2-4,6-7,10,12,23H,8-9,11H2,1H3,(H,24,25);1-2,4,6-7,9-10H,3,5,8H2. The van der Waals surface area contributed by atoms with Gasteiger partial charge < -0.3 is 15.0 Å². The van der Waals surface area contributed by atoms with Crippen molar-refractivity contribution in [2.45, 2.75) is 45.9 Å². The largest absolute Gasteiger partial charge is 0.489 e. The Labute approximate surface area is 250 Å². The minimum absolute atomic E-state index is 0.122. The molecule has 42 heavy (non-hydrogen) atoms. The minimum atomic E-state index is -0.122. The highest BCUT2D eigenvalue weighted by Gasteiger charge is 2.16. The van der Waals surface area contributed by atoms with Crippen molar-refractivity contribution in [3.05, 3.63) is 135 Å². The Bertz CT molecular complexity index is 1700. The van der Waals surface area contributed by atoms with E-state index in [0.29, 0.717) is 30.3 Å². The summed E-state index contributed by atoms with van der Waals surface area (Å²) in [6.45, 7) is 3.54. The Morgan fingerprint density at radius 1 is 1.00 bits per heavy atom. The van der Waals surface area contributed by atoms with Crippen LogP contribution in [0.2, 0.25) is 5.02 Å². The van der Waals surface area contributed by atoms with Crippen molar-refractivity contribution < 1.29 is 9.13 Å². The van der Waals surface area contributed by atoms with Crippen molar-refractivity contribution in [2.24, 2.45) is 0 Å². The van der Waals surface area contributed by atoms with Crippen LogP contribution in [0.1, 0.15) is 45.5 Å². The summed E-state index contributed by atoms with van der Waals surface area (Å²) in [5, 5.41) is 13.0. The van der Waals surface area contributed by atoms with Gasteiger partial charge in [-0.2, -0.15) is 5.26 Å². The predicted octanol–water partition coefficient (Wildman–Crippen LogP) is 7.49. The number of aryl methyl sites for hydroxylation is 2. The fourth-order valence-electron chi connectivity index (χ4n) is 5.02. The molecule has 2 heterocycles. The Morgan fingerprint density at radius 3 is 2.67 bits per heavy atom. The molecule has 1 aliphatic carbocycles. The third-order valence-corrected chi connectivity index (χ3v) is 7.56. The number of imidazole rings is 1. The van der Waals surface area contributed by atoms with E-state index in [2.05, 4.69) is 32.4 Å². The zero-order valence-electron chi connectivity index (χ0n) is 23.3. The highest BCUT2D eigenvalue weighted by atomic mass is 35.5. The Morgan fingerprint density at radius 2 is 1.86 bits per heavy atom. The number of nitriles is 1. The van der Waals surface area contributed by atoms with Crippen LogP contribution in [0.25, 0.3) is 11.1 Å². The Balaban J connectivity index is 0.000000187. The number of halogens is 2. The third kappa shape index (κ3) is 7.22. The normalized spacial score (nSPS) is 11.8. The van der Waals surface area contributed by atoms with E-state index in [9.17, 15) is 4.39 Å². The molecule has 0 radical (unpaired) electrons. The Kier molecular flexibility index (Phi) is 9.60. The first-order valence-corrected chi connectivity index (χ1v) is 14.2. The average molecular weight is 580 g/mol. The van der Waals surface area contributed by atoms with E-state index < -0.39 is 0 Å². The van der Waals surface area contributed by atoms with E-state index in [4.69, 9.17) is 21.6 Å². The number of hydrogen-bond acceptors (Lipinski definition) is 5. The average Bonchev–Trinajstić information content (AvgIpc) is 3.71. The maximum Gasteiger partial charge on any atom is 0.131 e. The molecule has 0 atom stereocenters. The summed E-state index contributed by atoms with van der Waals surface area (Å²) in [7, 11) is 0. The lowest BCUT2D eigenvalue weighted by molar-refractivity contribution is 0.301. The summed E-state index contributed by atoms with van der Waals surface area (Å²) in [6.07, 6.45) is 10.1. The predicted molar refractivity (Wildman–Crippen MR) is 162 cm³/mol. The van der Waals surface area contributed by atoms with E-state index >= 15 is 0 Å². The smallest absolute Gasteiger partial charge is 0.131 e. The maximum absolute atomic E-state index is 13.7. The molecule has 0 bridgehead atoms. The van der Waals surface area contributed by atoms with E-state index in [1.165, 1.54) is 29.8 Å². The van der Waals surface area contributed by atoms with Crippen LogP contribution in [0.3, 0.4) is 0 Å². The minimum Gasteiger partial charge on any atom is -0.489 e. The molecule has 6 nitrogen and oxygen atoms in total. The van der Waals surface area contributed by atoms with Crippen molar-refractivity contribution >= 4 is 11.6 Å². The van der Waals surface area contributed by atoms with Crippen LogP contribution in [0.5, 0.6) is 5.75 Å². The van der Waals surface area contributed by atoms with Crippen molar-refractivity contribution in [1.82, 2.24) is 20.3 Å². The monoisotopic (exact) mass is 579 g/mol. The lowest BCUT2D eigenvalue weighted by Gasteiger charge is -2.14. The molecule has 0 aliphatic heterocycles. The lowest BCUT2D eigenvalue weighted by Crippen LogP contribution is -2.14. The second-order valence-corrected chi connectivity index (χ2v) is 10.6. The van der Waals surface area contributed by atoms with Gasteiger partial charge in [0.15, 0.2) is 0 Å². The van der Waals surface area contributed by atoms with Crippen molar-refractivity contribution in [3.8, 4) is 22.9 Å². The molecule has 0 spiro atoms. The van der Waals surface area contributed by atoms with Crippen LogP contribution in [-0.4, -0.2) is 15.0 Å². The van der Waals surface area contributed by atoms with Gasteiger partial charge in [0, 0.05) is 59.1 Å². The van der Waals surface area contributed by atoms with Gasteiger partial charge in [0.2, 0.25) is 0 Å². The van der Waals surface area contributed by atoms with E-state index in [1.54, 1.807) is 30.9 Å². The van der Waals surface area contributed by atoms with Crippen molar-refractivity contribution in [2.75, 3.05) is 0 Å². The summed E-state index contributed by atoms with van der Waals surface area (Å²) < 4.78 is 19.7. The first-order chi connectivity index (χ1) is 20.5. The first kappa shape index (κ1) is 29.0. The summed E-state index contributed by atoms with van der Waals surface area (Å²) in [6, 6.07) is 20.9. The van der Waals surface area contributed by atoms with Crippen LogP contribution >= 0.6 is 11.6 Å². The summed E-state index contributed by atoms with van der Waals surface area (Å²) >= 11 is 6.28. The number of hydrogen-bond donors (Lipinski definition) is 2. The zero-order valence-corrected chi connectivity index (χ0v) is 24.1. The topological polar surface area (TPSA) is 86.6 Å². The second kappa shape index (κ2) is 13.9. The van der Waals surface area contributed by atoms with Gasteiger partial charge in [0.05, 0.1) is 11.9 Å². The molecule has 0 saturated heterocycles. The number of aromatic amines is 1. The highest BCUT2D eigenvalue weighted by Crippen LogP contribution is 2.33. The van der Waals surface area contributed by atoms with E-state index in [-0.39, 0.29) is 5.82 Å². The molecule has 212 valence electrons. The molecule has 2 aromatic heterocycles. The molecule has 1 aliphatic rings. The number of nitrogens with zero attached hydrogens (tertiary/aromatic N) is 3. The molecule has 0 fully saturated rings. The molecule has 0 saturated carbocycles. The summed E-state index contributed by atoms with van der Waals surface area (Å²) in [5.41, 5.74) is 8.81. The fourth-order valence-corrected chi connectivity index (χ4v) is 5.21. The van der Waals surface area contributed by atoms with Crippen LogP contribution < -0.4 is 10.1 Å². The molecule has 2 N–H and O–H groups in total. The number of H-pyrrole nitrogens is 1. The van der Waals surface area contributed by atoms with E-state index in [1.807, 2.05) is 43.3 Å². The van der Waals surface area contributed by atoms with Gasteiger partial charge in [-0.05, 0) is 72.7 Å². The molecule has 8 heteroatoms. The van der Waals surface area contributed by atoms with E-state index in [0.717, 1.165) is 52.1 Å². The quantitative estimate of drug-likeness (QED) is 0.199. The number of nitrogens with one attached hydrogen (secondary N) is 2. The van der Waals surface area contributed by atoms with Gasteiger partial charge in [0.25, 0.3) is 0 Å². The molecular formula is C34H31ClFN5O. The summed E-state index contributed by atoms with van der Waals surface area (Å²) in [4.78, 5) is 11.1. The number of aromatic nitrogens is 3. The number of rotatable bonds is 8. The third-order valence-electron chi connectivity index (χ3n) is 7.16. The zero-order chi connectivity index (χ0) is 29.3. The highest BCUT2D eigenvalue weighted by molar-refractivity contribution is 6.31. The van der Waals surface area contributed by atoms with Crippen LogP contribution in [0.15, 0.2) is 85.6 Å². The fraction of sp³-hybridized carbons (Fsp3) is 0.206. The van der Waals surface area contributed by atoms with Crippen LogP contribution in [-0.2, 0) is 32.5 Å². The van der Waals surface area contributed by atoms with Crippen molar-refractivity contribution in [3.63, 3.8) is 0 Å².